The number of rotatable bonds is 7. The number of pyridine rings is 1. The van der Waals surface area contributed by atoms with Gasteiger partial charge < -0.3 is 10.0 Å². The second kappa shape index (κ2) is 7.37. The maximum atomic E-state index is 9.63. The molecular formula is C15H26N2O. The van der Waals surface area contributed by atoms with Crippen LogP contribution >= 0.6 is 0 Å². The van der Waals surface area contributed by atoms with Gasteiger partial charge >= 0.3 is 0 Å². The van der Waals surface area contributed by atoms with Crippen molar-refractivity contribution in [3.63, 3.8) is 0 Å². The molecule has 0 unspecified atom stereocenters. The van der Waals surface area contributed by atoms with Gasteiger partial charge in [0, 0.05) is 19.3 Å². The molecule has 1 atom stereocenters. The molecular weight excluding hydrogens is 224 g/mol. The van der Waals surface area contributed by atoms with Crippen LogP contribution in [-0.2, 0) is 0 Å². The summed E-state index contributed by atoms with van der Waals surface area (Å²) in [5, 5.41) is 9.63. The molecule has 0 aliphatic carbocycles. The van der Waals surface area contributed by atoms with Gasteiger partial charge in [-0.2, -0.15) is 0 Å². The van der Waals surface area contributed by atoms with Crippen LogP contribution < -0.4 is 4.90 Å². The van der Waals surface area contributed by atoms with Gasteiger partial charge in [-0.15, -0.1) is 0 Å². The molecule has 0 amide bonds. The molecule has 1 aromatic heterocycles. The van der Waals surface area contributed by atoms with E-state index in [1.165, 1.54) is 12.8 Å². The second-order valence-electron chi connectivity index (χ2n) is 4.84. The molecule has 0 aliphatic heterocycles. The largest absolute Gasteiger partial charge is 0.389 e. The van der Waals surface area contributed by atoms with Crippen molar-refractivity contribution >= 4 is 5.82 Å². The van der Waals surface area contributed by atoms with Gasteiger partial charge in [0.1, 0.15) is 5.82 Å². The van der Waals surface area contributed by atoms with Crippen molar-refractivity contribution in [2.75, 3.05) is 18.0 Å². The zero-order valence-electron chi connectivity index (χ0n) is 12.1. The Morgan fingerprint density at radius 3 is 2.44 bits per heavy atom. The molecule has 1 N–H and O–H groups in total. The van der Waals surface area contributed by atoms with Crippen molar-refractivity contribution in [2.24, 2.45) is 5.92 Å². The van der Waals surface area contributed by atoms with Crippen molar-refractivity contribution in [2.45, 2.75) is 46.6 Å². The Balaban J connectivity index is 2.84. The summed E-state index contributed by atoms with van der Waals surface area (Å²) < 4.78 is 0. The topological polar surface area (TPSA) is 36.4 Å². The maximum absolute atomic E-state index is 9.63. The summed E-state index contributed by atoms with van der Waals surface area (Å²) in [6.45, 7) is 10.4. The van der Waals surface area contributed by atoms with Crippen molar-refractivity contribution < 1.29 is 5.11 Å². The molecule has 0 spiro atoms. The number of hydrogen-bond donors (Lipinski definition) is 1. The summed E-state index contributed by atoms with van der Waals surface area (Å²) in [7, 11) is 0. The molecule has 102 valence electrons. The average molecular weight is 250 g/mol. The highest BCUT2D eigenvalue weighted by atomic mass is 16.3. The minimum absolute atomic E-state index is 0.432. The number of aliphatic hydroxyl groups is 1. The Morgan fingerprint density at radius 1 is 1.28 bits per heavy atom. The second-order valence-corrected chi connectivity index (χ2v) is 4.84. The van der Waals surface area contributed by atoms with Crippen molar-refractivity contribution in [1.29, 1.82) is 0 Å². The van der Waals surface area contributed by atoms with Crippen LogP contribution in [-0.4, -0.2) is 23.2 Å². The monoisotopic (exact) mass is 250 g/mol. The van der Waals surface area contributed by atoms with Crippen LogP contribution in [0.2, 0.25) is 0 Å². The summed E-state index contributed by atoms with van der Waals surface area (Å²) in [5.41, 5.74) is 0.933. The first-order valence-electron chi connectivity index (χ1n) is 7.01. The van der Waals surface area contributed by atoms with Crippen LogP contribution in [0.25, 0.3) is 0 Å². The number of hydrogen-bond acceptors (Lipinski definition) is 3. The lowest BCUT2D eigenvalue weighted by Gasteiger charge is -2.26. The van der Waals surface area contributed by atoms with Crippen LogP contribution in [0.15, 0.2) is 18.3 Å². The third-order valence-electron chi connectivity index (χ3n) is 3.59. The normalized spacial score (nSPS) is 12.8. The molecule has 0 fully saturated rings. The molecule has 0 aliphatic rings. The van der Waals surface area contributed by atoms with Crippen LogP contribution in [0, 0.1) is 5.92 Å². The number of aliphatic hydroxyl groups excluding tert-OH is 1. The minimum Gasteiger partial charge on any atom is -0.389 e. The average Bonchev–Trinajstić information content (AvgIpc) is 2.40. The Hall–Kier alpha value is -1.09. The summed E-state index contributed by atoms with van der Waals surface area (Å²) >= 11 is 0. The molecule has 3 heteroatoms. The molecule has 18 heavy (non-hydrogen) atoms. The highest BCUT2D eigenvalue weighted by Crippen LogP contribution is 2.20. The van der Waals surface area contributed by atoms with Gasteiger partial charge in [-0.25, -0.2) is 4.98 Å². The SMILES string of the molecule is CCC(CC)CN(CC)c1cc([C@@H](C)O)ccn1. The fraction of sp³-hybridized carbons (Fsp3) is 0.667. The van der Waals surface area contributed by atoms with Gasteiger partial charge in [-0.1, -0.05) is 26.7 Å². The Bertz CT molecular complexity index is 348. The first-order chi connectivity index (χ1) is 8.62. The fourth-order valence-electron chi connectivity index (χ4n) is 2.11. The first-order valence-corrected chi connectivity index (χ1v) is 7.01. The standard InChI is InChI=1S/C15H26N2O/c1-5-13(6-2)11-17(7-3)15-10-14(12(4)18)8-9-16-15/h8-10,12-13,18H,5-7,11H2,1-4H3/t12-/m1/s1. The van der Waals surface area contributed by atoms with Crippen LogP contribution in [0.3, 0.4) is 0 Å². The van der Waals surface area contributed by atoms with E-state index < -0.39 is 6.10 Å². The van der Waals surface area contributed by atoms with E-state index in [0.717, 1.165) is 24.5 Å². The Kier molecular flexibility index (Phi) is 6.13. The van der Waals surface area contributed by atoms with E-state index >= 15 is 0 Å². The molecule has 0 bridgehead atoms. The van der Waals surface area contributed by atoms with Crippen molar-refractivity contribution in [1.82, 2.24) is 4.98 Å². The Morgan fingerprint density at radius 2 is 1.94 bits per heavy atom. The molecule has 3 nitrogen and oxygen atoms in total. The highest BCUT2D eigenvalue weighted by Gasteiger charge is 2.12. The summed E-state index contributed by atoms with van der Waals surface area (Å²) in [5.74, 6) is 1.68. The van der Waals surface area contributed by atoms with Crippen LogP contribution in [0.5, 0.6) is 0 Å². The predicted octanol–water partition coefficient (Wildman–Crippen LogP) is 3.40. The van der Waals surface area contributed by atoms with E-state index in [1.54, 1.807) is 13.1 Å². The lowest BCUT2D eigenvalue weighted by molar-refractivity contribution is 0.199. The smallest absolute Gasteiger partial charge is 0.128 e. The maximum Gasteiger partial charge on any atom is 0.128 e. The molecule has 1 aromatic rings. The number of aromatic nitrogens is 1. The van der Waals surface area contributed by atoms with E-state index in [2.05, 4.69) is 30.7 Å². The van der Waals surface area contributed by atoms with E-state index in [-0.39, 0.29) is 0 Å². The summed E-state index contributed by atoms with van der Waals surface area (Å²) in [6, 6.07) is 3.87. The summed E-state index contributed by atoms with van der Waals surface area (Å²) in [4.78, 5) is 6.72. The quantitative estimate of drug-likeness (QED) is 0.805. The number of nitrogens with zero attached hydrogens (tertiary/aromatic N) is 2. The van der Waals surface area contributed by atoms with Crippen LogP contribution in [0.4, 0.5) is 5.82 Å². The van der Waals surface area contributed by atoms with E-state index in [1.807, 2.05) is 12.1 Å². The van der Waals surface area contributed by atoms with E-state index in [0.29, 0.717) is 5.92 Å². The molecule has 0 saturated heterocycles. The van der Waals surface area contributed by atoms with Gasteiger partial charge in [0.25, 0.3) is 0 Å². The van der Waals surface area contributed by atoms with Crippen LogP contribution in [0.1, 0.15) is 52.2 Å². The third kappa shape index (κ3) is 3.98. The molecule has 1 heterocycles. The van der Waals surface area contributed by atoms with Gasteiger partial charge in [-0.05, 0) is 37.5 Å². The van der Waals surface area contributed by atoms with Gasteiger partial charge in [0.2, 0.25) is 0 Å². The fourth-order valence-corrected chi connectivity index (χ4v) is 2.11. The lowest BCUT2D eigenvalue weighted by atomic mass is 10.0. The molecule has 0 saturated carbocycles. The minimum atomic E-state index is -0.432. The van der Waals surface area contributed by atoms with Crippen molar-refractivity contribution in [3.8, 4) is 0 Å². The van der Waals surface area contributed by atoms with Gasteiger partial charge in [-0.3, -0.25) is 0 Å². The number of anilines is 1. The summed E-state index contributed by atoms with van der Waals surface area (Å²) in [6.07, 6.45) is 3.75. The van der Waals surface area contributed by atoms with E-state index in [4.69, 9.17) is 0 Å². The van der Waals surface area contributed by atoms with E-state index in [9.17, 15) is 5.11 Å². The van der Waals surface area contributed by atoms with Gasteiger partial charge in [0.05, 0.1) is 6.10 Å². The molecule has 0 radical (unpaired) electrons. The highest BCUT2D eigenvalue weighted by molar-refractivity contribution is 5.41. The zero-order valence-corrected chi connectivity index (χ0v) is 12.1. The zero-order chi connectivity index (χ0) is 13.5. The predicted molar refractivity (Wildman–Crippen MR) is 76.8 cm³/mol. The Labute approximate surface area is 111 Å². The lowest BCUT2D eigenvalue weighted by Crippen LogP contribution is -2.29. The third-order valence-corrected chi connectivity index (χ3v) is 3.59. The molecule has 1 rings (SSSR count). The van der Waals surface area contributed by atoms with Crippen molar-refractivity contribution in [3.05, 3.63) is 23.9 Å². The van der Waals surface area contributed by atoms with Gasteiger partial charge in [0.15, 0.2) is 0 Å². The molecule has 0 aromatic carbocycles. The first kappa shape index (κ1) is 15.0.